The van der Waals surface area contributed by atoms with Crippen molar-refractivity contribution in [2.24, 2.45) is 0 Å². The van der Waals surface area contributed by atoms with Crippen molar-refractivity contribution >= 4 is 22.9 Å². The Balaban J connectivity index is 1.35. The van der Waals surface area contributed by atoms with Crippen LogP contribution in [0.25, 0.3) is 5.65 Å². The highest BCUT2D eigenvalue weighted by Gasteiger charge is 2.20. The summed E-state index contributed by atoms with van der Waals surface area (Å²) in [5, 5.41) is 3.00. The topological polar surface area (TPSA) is 55.6 Å². The number of carbonyl (C=O) groups is 1. The van der Waals surface area contributed by atoms with Gasteiger partial charge >= 0.3 is 0 Å². The molecule has 0 spiro atoms. The molecule has 0 saturated carbocycles. The number of aromatic nitrogens is 2. The highest BCUT2D eigenvalue weighted by Crippen LogP contribution is 2.33. The summed E-state index contributed by atoms with van der Waals surface area (Å²) in [5.41, 5.74) is 2.02. The number of carbonyl (C=O) groups excluding carboxylic acids is 1. The number of rotatable bonds is 5. The molecule has 0 radical (unpaired) electrons. The third-order valence-electron chi connectivity index (χ3n) is 4.26. The van der Waals surface area contributed by atoms with Gasteiger partial charge in [-0.2, -0.15) is 0 Å². The maximum Gasteiger partial charge on any atom is 0.261 e. The molecule has 0 bridgehead atoms. The monoisotopic (exact) mass is 341 g/mol. The van der Waals surface area contributed by atoms with Crippen molar-refractivity contribution in [3.63, 3.8) is 0 Å². The van der Waals surface area contributed by atoms with Crippen LogP contribution in [0.4, 0.5) is 0 Å². The minimum atomic E-state index is -0.0157. The molecule has 4 heterocycles. The molecule has 0 aromatic carbocycles. The van der Waals surface area contributed by atoms with E-state index >= 15 is 0 Å². The Labute approximate surface area is 144 Å². The van der Waals surface area contributed by atoms with Crippen LogP contribution in [0, 0.1) is 0 Å². The number of imidazole rings is 1. The van der Waals surface area contributed by atoms with E-state index in [9.17, 15) is 4.79 Å². The fourth-order valence-corrected chi connectivity index (χ4v) is 4.02. The lowest BCUT2D eigenvalue weighted by Gasteiger charge is -2.05. The van der Waals surface area contributed by atoms with E-state index in [2.05, 4.69) is 10.3 Å². The second kappa shape index (κ2) is 6.75. The molecule has 1 atom stereocenters. The summed E-state index contributed by atoms with van der Waals surface area (Å²) in [7, 11) is 0. The van der Waals surface area contributed by atoms with E-state index in [4.69, 9.17) is 4.74 Å². The van der Waals surface area contributed by atoms with Crippen LogP contribution in [0.1, 0.15) is 39.2 Å². The van der Waals surface area contributed by atoms with Gasteiger partial charge in [-0.1, -0.05) is 6.07 Å². The Bertz CT molecular complexity index is 849. The van der Waals surface area contributed by atoms with Crippen molar-refractivity contribution in [3.05, 3.63) is 58.2 Å². The summed E-state index contributed by atoms with van der Waals surface area (Å²) in [4.78, 5) is 18.6. The minimum absolute atomic E-state index is 0.0157. The van der Waals surface area contributed by atoms with Crippen LogP contribution < -0.4 is 5.32 Å². The van der Waals surface area contributed by atoms with Gasteiger partial charge in [0.1, 0.15) is 5.65 Å². The number of amides is 1. The maximum atomic E-state index is 12.3. The normalized spacial score (nSPS) is 17.4. The SMILES string of the molecule is O=C(NCCc1cnc2ccccn12)c1ccc([C@@H]2CCCO2)s1. The fourth-order valence-electron chi connectivity index (χ4n) is 3.01. The maximum absolute atomic E-state index is 12.3. The van der Waals surface area contributed by atoms with Crippen LogP contribution in [-0.4, -0.2) is 28.4 Å². The predicted octanol–water partition coefficient (Wildman–Crippen LogP) is 3.22. The van der Waals surface area contributed by atoms with E-state index in [1.807, 2.05) is 47.1 Å². The molecular formula is C18H19N3O2S. The Kier molecular flexibility index (Phi) is 4.32. The summed E-state index contributed by atoms with van der Waals surface area (Å²) >= 11 is 1.53. The zero-order valence-corrected chi connectivity index (χ0v) is 14.1. The molecule has 1 N–H and O–H groups in total. The average molecular weight is 341 g/mol. The van der Waals surface area contributed by atoms with Gasteiger partial charge in [-0.05, 0) is 37.1 Å². The molecule has 1 saturated heterocycles. The summed E-state index contributed by atoms with van der Waals surface area (Å²) in [6, 6.07) is 9.83. The van der Waals surface area contributed by atoms with Crippen molar-refractivity contribution in [2.75, 3.05) is 13.2 Å². The van der Waals surface area contributed by atoms with Gasteiger partial charge in [0, 0.05) is 42.5 Å². The van der Waals surface area contributed by atoms with Gasteiger partial charge < -0.3 is 14.5 Å². The molecule has 3 aromatic rings. The quantitative estimate of drug-likeness (QED) is 0.775. The van der Waals surface area contributed by atoms with E-state index in [-0.39, 0.29) is 12.0 Å². The van der Waals surface area contributed by atoms with Crippen molar-refractivity contribution in [3.8, 4) is 0 Å². The first-order chi connectivity index (χ1) is 11.8. The number of nitrogens with one attached hydrogen (secondary N) is 1. The highest BCUT2D eigenvalue weighted by molar-refractivity contribution is 7.14. The van der Waals surface area contributed by atoms with Crippen LogP contribution in [0.3, 0.4) is 0 Å². The number of hydrogen-bond acceptors (Lipinski definition) is 4. The fraction of sp³-hybridized carbons (Fsp3) is 0.333. The summed E-state index contributed by atoms with van der Waals surface area (Å²) in [5.74, 6) is -0.0157. The number of nitrogens with zero attached hydrogens (tertiary/aromatic N) is 2. The van der Waals surface area contributed by atoms with Gasteiger partial charge in [0.2, 0.25) is 0 Å². The van der Waals surface area contributed by atoms with Gasteiger partial charge in [-0.3, -0.25) is 4.79 Å². The number of ether oxygens (including phenoxy) is 1. The molecule has 24 heavy (non-hydrogen) atoms. The van der Waals surface area contributed by atoms with E-state index < -0.39 is 0 Å². The third-order valence-corrected chi connectivity index (χ3v) is 5.43. The van der Waals surface area contributed by atoms with Gasteiger partial charge in [-0.25, -0.2) is 4.98 Å². The highest BCUT2D eigenvalue weighted by atomic mass is 32.1. The molecule has 0 aliphatic carbocycles. The molecule has 0 unspecified atom stereocenters. The van der Waals surface area contributed by atoms with E-state index in [1.165, 1.54) is 11.3 Å². The smallest absolute Gasteiger partial charge is 0.261 e. The van der Waals surface area contributed by atoms with Crippen LogP contribution in [-0.2, 0) is 11.2 Å². The van der Waals surface area contributed by atoms with E-state index in [0.29, 0.717) is 6.54 Å². The molecule has 6 heteroatoms. The van der Waals surface area contributed by atoms with Crippen LogP contribution >= 0.6 is 11.3 Å². The van der Waals surface area contributed by atoms with E-state index in [0.717, 1.165) is 47.0 Å². The molecular weight excluding hydrogens is 322 g/mol. The Hall–Kier alpha value is -2.18. The standard InChI is InChI=1S/C18H19N3O2S/c22-18(16-7-6-15(24-16)14-4-3-11-23-14)19-9-8-13-12-20-17-5-1-2-10-21(13)17/h1-2,5-7,10,12,14H,3-4,8-9,11H2,(H,19,22)/t14-/m0/s1. The first-order valence-electron chi connectivity index (χ1n) is 8.22. The number of pyridine rings is 1. The number of thiophene rings is 1. The molecule has 124 valence electrons. The molecule has 4 rings (SSSR count). The third kappa shape index (κ3) is 3.07. The van der Waals surface area contributed by atoms with Gasteiger partial charge in [0.05, 0.1) is 11.0 Å². The number of fused-ring (bicyclic) bond motifs is 1. The lowest BCUT2D eigenvalue weighted by atomic mass is 10.2. The molecule has 1 amide bonds. The molecule has 3 aromatic heterocycles. The molecule has 1 fully saturated rings. The predicted molar refractivity (Wildman–Crippen MR) is 93.5 cm³/mol. The molecule has 1 aliphatic rings. The molecule has 5 nitrogen and oxygen atoms in total. The van der Waals surface area contributed by atoms with Gasteiger partial charge in [0.15, 0.2) is 0 Å². The zero-order chi connectivity index (χ0) is 16.4. The Morgan fingerprint density at radius 3 is 3.21 bits per heavy atom. The van der Waals surface area contributed by atoms with Crippen LogP contribution in [0.15, 0.2) is 42.7 Å². The minimum Gasteiger partial charge on any atom is -0.373 e. The first-order valence-corrected chi connectivity index (χ1v) is 9.03. The molecule has 1 aliphatic heterocycles. The first kappa shape index (κ1) is 15.4. The Morgan fingerprint density at radius 2 is 2.33 bits per heavy atom. The zero-order valence-electron chi connectivity index (χ0n) is 13.3. The second-order valence-corrected chi connectivity index (χ2v) is 7.00. The lowest BCUT2D eigenvalue weighted by Crippen LogP contribution is -2.25. The van der Waals surface area contributed by atoms with Gasteiger partial charge in [0.25, 0.3) is 5.91 Å². The lowest BCUT2D eigenvalue weighted by molar-refractivity contribution is 0.0958. The van der Waals surface area contributed by atoms with Crippen molar-refractivity contribution in [2.45, 2.75) is 25.4 Å². The largest absolute Gasteiger partial charge is 0.373 e. The van der Waals surface area contributed by atoms with Crippen molar-refractivity contribution < 1.29 is 9.53 Å². The number of hydrogen-bond donors (Lipinski definition) is 1. The van der Waals surface area contributed by atoms with E-state index in [1.54, 1.807) is 0 Å². The van der Waals surface area contributed by atoms with Crippen LogP contribution in [0.2, 0.25) is 0 Å². The van der Waals surface area contributed by atoms with Crippen LogP contribution in [0.5, 0.6) is 0 Å². The Morgan fingerprint density at radius 1 is 1.38 bits per heavy atom. The van der Waals surface area contributed by atoms with Gasteiger partial charge in [-0.15, -0.1) is 11.3 Å². The summed E-state index contributed by atoms with van der Waals surface area (Å²) < 4.78 is 7.72. The second-order valence-electron chi connectivity index (χ2n) is 5.89. The average Bonchev–Trinajstić information content (AvgIpc) is 3.35. The van der Waals surface area contributed by atoms with Crippen molar-refractivity contribution in [1.82, 2.24) is 14.7 Å². The summed E-state index contributed by atoms with van der Waals surface area (Å²) in [6.45, 7) is 1.41. The van der Waals surface area contributed by atoms with Crippen molar-refractivity contribution in [1.29, 1.82) is 0 Å². The summed E-state index contributed by atoms with van der Waals surface area (Å²) in [6.07, 6.45) is 6.93.